The summed E-state index contributed by atoms with van der Waals surface area (Å²) < 4.78 is 80.2. The zero-order valence-corrected chi connectivity index (χ0v) is 54.0. The lowest BCUT2D eigenvalue weighted by Gasteiger charge is -2.46. The SMILES string of the molecule is CCO[Si](CCCNc1ccccc1)(OCC)O[Si](CCCNc1ccccc1)(OCC)O[Si](CCCNc1ccccc1)(OCC)O[Si](CCCNc1ccccc1)(OCC)O[Si](CCCNc1ccccc1)(OCC)OCC. The Morgan fingerprint density at radius 3 is 0.588 bits per heavy atom. The van der Waals surface area contributed by atoms with Crippen molar-refractivity contribution in [2.75, 3.05) is 106 Å². The quantitative estimate of drug-likeness (QED) is 0.0185. The van der Waals surface area contributed by atoms with Crippen LogP contribution in [0, 0.1) is 0 Å². The Hall–Kier alpha value is -4.26. The summed E-state index contributed by atoms with van der Waals surface area (Å²) in [5.74, 6) is 0. The molecule has 0 bridgehead atoms. The summed E-state index contributed by atoms with van der Waals surface area (Å²) in [6, 6.07) is 53.2. The summed E-state index contributed by atoms with van der Waals surface area (Å²) in [5, 5.41) is 18.0. The molecule has 5 N–H and O–H groups in total. The highest BCUT2D eigenvalue weighted by atomic mass is 28.5. The second-order valence-corrected chi connectivity index (χ2v) is 33.5. The summed E-state index contributed by atoms with van der Waals surface area (Å²) in [6.45, 7) is 19.4. The Kier molecular flexibility index (Phi) is 31.4. The van der Waals surface area contributed by atoms with E-state index in [1.165, 1.54) is 0 Å². The number of hydrogen-bond donors (Lipinski definition) is 5. The van der Waals surface area contributed by atoms with Gasteiger partial charge in [0.1, 0.15) is 0 Å². The third kappa shape index (κ3) is 23.9. The van der Waals surface area contributed by atoms with Crippen LogP contribution in [0.3, 0.4) is 0 Å². The molecule has 0 aromatic heterocycles. The van der Waals surface area contributed by atoms with Crippen LogP contribution in [0.5, 0.6) is 0 Å². The molecular formula is C59H95N5O11Si5. The van der Waals surface area contributed by atoms with Crippen LogP contribution >= 0.6 is 0 Å². The predicted molar refractivity (Wildman–Crippen MR) is 336 cm³/mol. The monoisotopic (exact) mass is 1190 g/mol. The van der Waals surface area contributed by atoms with Gasteiger partial charge in [0.15, 0.2) is 0 Å². The van der Waals surface area contributed by atoms with E-state index in [0.29, 0.717) is 135 Å². The van der Waals surface area contributed by atoms with Crippen molar-refractivity contribution in [3.8, 4) is 0 Å². The van der Waals surface area contributed by atoms with Gasteiger partial charge in [0, 0.05) is 138 Å². The predicted octanol–water partition coefficient (Wildman–Crippen LogP) is 13.5. The highest BCUT2D eigenvalue weighted by Crippen LogP contribution is 2.38. The fraction of sp³-hybridized carbons (Fsp3) is 0.492. The van der Waals surface area contributed by atoms with E-state index in [-0.39, 0.29) is 6.61 Å². The van der Waals surface area contributed by atoms with E-state index in [0.717, 1.165) is 28.4 Å². The smallest absolute Gasteiger partial charge is 0.385 e. The molecule has 21 heteroatoms. The lowest BCUT2D eigenvalue weighted by molar-refractivity contribution is 0.0311. The number of para-hydroxylation sites is 5. The molecule has 0 heterocycles. The van der Waals surface area contributed by atoms with E-state index in [4.69, 9.17) is 47.4 Å². The Morgan fingerprint density at radius 1 is 0.237 bits per heavy atom. The van der Waals surface area contributed by atoms with Crippen molar-refractivity contribution in [2.45, 2.75) is 111 Å². The molecule has 0 saturated heterocycles. The molecule has 5 rings (SSSR count). The minimum Gasteiger partial charge on any atom is -0.385 e. The Balaban J connectivity index is 1.65. The number of rotatable bonds is 47. The van der Waals surface area contributed by atoms with E-state index in [2.05, 4.69) is 87.2 Å². The summed E-state index contributed by atoms with van der Waals surface area (Å²) in [5.41, 5.74) is 5.12. The van der Waals surface area contributed by atoms with E-state index in [9.17, 15) is 0 Å². The molecule has 80 heavy (non-hydrogen) atoms. The molecule has 0 saturated carbocycles. The molecule has 442 valence electrons. The van der Waals surface area contributed by atoms with Crippen molar-refractivity contribution >= 4 is 72.5 Å². The second-order valence-electron chi connectivity index (χ2n) is 18.8. The van der Waals surface area contributed by atoms with Crippen molar-refractivity contribution in [1.29, 1.82) is 0 Å². The first-order valence-electron chi connectivity index (χ1n) is 29.4. The van der Waals surface area contributed by atoms with Crippen LogP contribution in [0.1, 0.15) is 80.6 Å². The van der Waals surface area contributed by atoms with Crippen molar-refractivity contribution in [1.82, 2.24) is 0 Å². The van der Waals surface area contributed by atoms with Gasteiger partial charge in [-0.3, -0.25) is 0 Å². The average Bonchev–Trinajstić information content (AvgIpc) is 3.47. The van der Waals surface area contributed by atoms with Gasteiger partial charge in [-0.15, -0.1) is 0 Å². The average molecular weight is 1190 g/mol. The summed E-state index contributed by atoms with van der Waals surface area (Å²) >= 11 is 0. The van der Waals surface area contributed by atoms with E-state index >= 15 is 0 Å². The first-order valence-corrected chi connectivity index (χ1v) is 39.0. The second kappa shape index (κ2) is 37.8. The molecule has 0 aliphatic heterocycles. The van der Waals surface area contributed by atoms with Gasteiger partial charge in [-0.1, -0.05) is 91.0 Å². The highest BCUT2D eigenvalue weighted by Gasteiger charge is 2.64. The third-order valence-electron chi connectivity index (χ3n) is 12.6. The molecule has 5 aromatic carbocycles. The van der Waals surface area contributed by atoms with E-state index in [1.807, 2.05) is 139 Å². The molecular weight excluding hydrogens is 1100 g/mol. The van der Waals surface area contributed by atoms with Crippen LogP contribution < -0.4 is 26.6 Å². The van der Waals surface area contributed by atoms with Crippen molar-refractivity contribution < 1.29 is 47.4 Å². The Labute approximate surface area is 485 Å². The maximum absolute atomic E-state index is 7.97. The zero-order chi connectivity index (χ0) is 56.9. The van der Waals surface area contributed by atoms with Crippen LogP contribution in [0.2, 0.25) is 30.2 Å². The van der Waals surface area contributed by atoms with Gasteiger partial charge in [0.2, 0.25) is 0 Å². The lowest BCUT2D eigenvalue weighted by atomic mass is 10.3. The first-order chi connectivity index (χ1) is 39.1. The molecule has 0 radical (unpaired) electrons. The summed E-state index contributed by atoms with van der Waals surface area (Å²) in [7, 11) is -19.4. The van der Waals surface area contributed by atoms with Crippen LogP contribution in [0.4, 0.5) is 28.4 Å². The normalized spacial score (nSPS) is 14.1. The molecule has 2 unspecified atom stereocenters. The molecule has 0 spiro atoms. The largest absolute Gasteiger partial charge is 0.493 e. The van der Waals surface area contributed by atoms with Gasteiger partial charge in [-0.05, 0) is 141 Å². The molecule has 0 aliphatic carbocycles. The highest BCUT2D eigenvalue weighted by molar-refractivity contribution is 6.85. The maximum atomic E-state index is 7.97. The number of nitrogens with one attached hydrogen (secondary N) is 5. The Bertz CT molecular complexity index is 2180. The first kappa shape index (κ1) is 66.5. The standard InChI is InChI=1S/C59H95N5O11Si5/c1-8-65-76(66-9-2,50-30-45-60-55-35-20-15-21-36-55)72-78(69-12-5,52-32-47-62-57-39-24-17-25-40-57)74-80(71-14-7,54-34-49-64-59-43-28-19-29-44-59)75-79(70-13-6,53-33-48-63-58-41-26-18-27-42-58)73-77(67-10-3,68-11-4)51-31-46-61-56-37-22-16-23-38-56/h15-29,35-44,60-64H,8-14,30-34,45-54H2,1-7H3. The number of hydrogen-bond acceptors (Lipinski definition) is 16. The van der Waals surface area contributed by atoms with Crippen LogP contribution in [0.25, 0.3) is 0 Å². The van der Waals surface area contributed by atoms with Crippen LogP contribution in [0.15, 0.2) is 152 Å². The van der Waals surface area contributed by atoms with E-state index < -0.39 is 44.0 Å². The molecule has 0 amide bonds. The maximum Gasteiger partial charge on any atom is 0.493 e. The molecule has 0 fully saturated rings. The van der Waals surface area contributed by atoms with Gasteiger partial charge in [0.05, 0.1) is 0 Å². The van der Waals surface area contributed by atoms with Gasteiger partial charge < -0.3 is 74.0 Å². The van der Waals surface area contributed by atoms with Crippen LogP contribution in [-0.4, -0.2) is 123 Å². The summed E-state index contributed by atoms with van der Waals surface area (Å²) in [4.78, 5) is 0. The summed E-state index contributed by atoms with van der Waals surface area (Å²) in [6.07, 6.45) is 3.27. The van der Waals surface area contributed by atoms with Crippen molar-refractivity contribution in [2.24, 2.45) is 0 Å². The fourth-order valence-corrected chi connectivity index (χ4v) is 31.4. The molecule has 2 atom stereocenters. The Morgan fingerprint density at radius 2 is 0.400 bits per heavy atom. The van der Waals surface area contributed by atoms with Gasteiger partial charge in [-0.2, -0.15) is 0 Å². The third-order valence-corrected chi connectivity index (χ3v) is 32.5. The van der Waals surface area contributed by atoms with Crippen molar-refractivity contribution in [3.05, 3.63) is 152 Å². The zero-order valence-electron chi connectivity index (χ0n) is 49.0. The van der Waals surface area contributed by atoms with Gasteiger partial charge in [0.25, 0.3) is 0 Å². The number of anilines is 5. The molecule has 0 aliphatic rings. The van der Waals surface area contributed by atoms with Crippen molar-refractivity contribution in [3.63, 3.8) is 0 Å². The van der Waals surface area contributed by atoms with Gasteiger partial charge in [-0.25, -0.2) is 0 Å². The topological polar surface area (TPSA) is 162 Å². The lowest BCUT2D eigenvalue weighted by Crippen LogP contribution is -2.69. The fourth-order valence-electron chi connectivity index (χ4n) is 9.31. The molecule has 16 nitrogen and oxygen atoms in total. The van der Waals surface area contributed by atoms with Gasteiger partial charge >= 0.3 is 44.0 Å². The minimum absolute atomic E-state index is 0.270. The van der Waals surface area contributed by atoms with E-state index in [1.54, 1.807) is 0 Å². The number of benzene rings is 5. The molecule has 5 aromatic rings. The minimum atomic E-state index is -4.14. The van der Waals surface area contributed by atoms with Crippen LogP contribution in [-0.2, 0) is 47.4 Å².